The van der Waals surface area contributed by atoms with E-state index < -0.39 is 0 Å². The Morgan fingerprint density at radius 2 is 1.79 bits per heavy atom. The Hall–Kier alpha value is -2.59. The zero-order valence-electron chi connectivity index (χ0n) is 13.8. The van der Waals surface area contributed by atoms with Crippen LogP contribution in [0, 0.1) is 20.8 Å². The molecule has 0 spiro atoms. The number of benzene rings is 2. The zero-order chi connectivity index (χ0) is 17.3. The van der Waals surface area contributed by atoms with Crippen LogP contribution in [-0.4, -0.2) is 15.7 Å². The molecule has 0 bridgehead atoms. The van der Waals surface area contributed by atoms with E-state index in [1.54, 1.807) is 6.07 Å². The number of rotatable bonds is 3. The molecule has 0 aliphatic carbocycles. The molecule has 0 unspecified atom stereocenters. The van der Waals surface area contributed by atoms with Gasteiger partial charge in [-0.15, -0.1) is 0 Å². The Kier molecular flexibility index (Phi) is 4.40. The SMILES string of the molecule is Cc1cc(Cl)cc(C(=O)Nc2c(C)nn(-c3ccccc3)c2C)c1. The highest BCUT2D eigenvalue weighted by molar-refractivity contribution is 6.31. The molecule has 1 amide bonds. The Balaban J connectivity index is 1.93. The fraction of sp³-hybridized carbons (Fsp3) is 0.158. The van der Waals surface area contributed by atoms with Crippen LogP contribution in [-0.2, 0) is 0 Å². The summed E-state index contributed by atoms with van der Waals surface area (Å²) in [5.74, 6) is -0.195. The van der Waals surface area contributed by atoms with E-state index in [-0.39, 0.29) is 5.91 Å². The minimum atomic E-state index is -0.195. The first kappa shape index (κ1) is 16.3. The minimum Gasteiger partial charge on any atom is -0.319 e. The van der Waals surface area contributed by atoms with Crippen LogP contribution in [0.1, 0.15) is 27.3 Å². The van der Waals surface area contributed by atoms with Crippen molar-refractivity contribution in [2.75, 3.05) is 5.32 Å². The largest absolute Gasteiger partial charge is 0.319 e. The lowest BCUT2D eigenvalue weighted by atomic mass is 10.1. The predicted octanol–water partition coefficient (Wildman–Crippen LogP) is 4.70. The lowest BCUT2D eigenvalue weighted by Gasteiger charge is -2.08. The average Bonchev–Trinajstić information content (AvgIpc) is 2.83. The third-order valence-electron chi connectivity index (χ3n) is 3.83. The van der Waals surface area contributed by atoms with Crippen molar-refractivity contribution >= 4 is 23.2 Å². The van der Waals surface area contributed by atoms with Crippen LogP contribution in [0.2, 0.25) is 5.02 Å². The number of halogens is 1. The minimum absolute atomic E-state index is 0.195. The number of anilines is 1. The molecule has 3 rings (SSSR count). The van der Waals surface area contributed by atoms with Crippen molar-refractivity contribution in [2.24, 2.45) is 0 Å². The summed E-state index contributed by atoms with van der Waals surface area (Å²) >= 11 is 6.05. The van der Waals surface area contributed by atoms with Crippen molar-refractivity contribution < 1.29 is 4.79 Å². The molecule has 1 N–H and O–H groups in total. The zero-order valence-corrected chi connectivity index (χ0v) is 14.6. The van der Waals surface area contributed by atoms with Gasteiger partial charge in [-0.25, -0.2) is 4.68 Å². The lowest BCUT2D eigenvalue weighted by molar-refractivity contribution is 0.102. The number of hydrogen-bond donors (Lipinski definition) is 1. The van der Waals surface area contributed by atoms with E-state index in [4.69, 9.17) is 11.6 Å². The molecule has 1 heterocycles. The van der Waals surface area contributed by atoms with Crippen LogP contribution in [0.5, 0.6) is 0 Å². The maximum Gasteiger partial charge on any atom is 0.255 e. The smallest absolute Gasteiger partial charge is 0.255 e. The van der Waals surface area contributed by atoms with Gasteiger partial charge in [0.1, 0.15) is 0 Å². The Bertz CT molecular complexity index is 880. The summed E-state index contributed by atoms with van der Waals surface area (Å²) in [6, 6.07) is 15.1. The van der Waals surface area contributed by atoms with E-state index in [1.807, 2.05) is 67.9 Å². The monoisotopic (exact) mass is 339 g/mol. The van der Waals surface area contributed by atoms with Crippen LogP contribution in [0.25, 0.3) is 5.69 Å². The van der Waals surface area contributed by atoms with E-state index >= 15 is 0 Å². The van der Waals surface area contributed by atoms with Crippen molar-refractivity contribution in [2.45, 2.75) is 20.8 Å². The number of carbonyl (C=O) groups is 1. The molecule has 0 saturated carbocycles. The highest BCUT2D eigenvalue weighted by atomic mass is 35.5. The molecular formula is C19H18ClN3O. The molecule has 0 aliphatic rings. The van der Waals surface area contributed by atoms with Gasteiger partial charge in [-0.3, -0.25) is 4.79 Å². The van der Waals surface area contributed by atoms with E-state index in [9.17, 15) is 4.79 Å². The number of hydrogen-bond acceptors (Lipinski definition) is 2. The van der Waals surface area contributed by atoms with Gasteiger partial charge >= 0.3 is 0 Å². The number of amides is 1. The molecule has 2 aromatic carbocycles. The highest BCUT2D eigenvalue weighted by Crippen LogP contribution is 2.24. The van der Waals surface area contributed by atoms with Gasteiger partial charge in [-0.05, 0) is 56.7 Å². The topological polar surface area (TPSA) is 46.9 Å². The molecule has 3 aromatic rings. The predicted molar refractivity (Wildman–Crippen MR) is 97.2 cm³/mol. The molecule has 0 saturated heterocycles. The van der Waals surface area contributed by atoms with E-state index in [0.717, 1.165) is 28.3 Å². The molecule has 0 atom stereocenters. The first-order chi connectivity index (χ1) is 11.5. The van der Waals surface area contributed by atoms with Crippen LogP contribution >= 0.6 is 11.6 Å². The summed E-state index contributed by atoms with van der Waals surface area (Å²) in [5.41, 5.74) is 4.81. The second-order valence-electron chi connectivity index (χ2n) is 5.76. The summed E-state index contributed by atoms with van der Waals surface area (Å²) < 4.78 is 1.83. The van der Waals surface area contributed by atoms with Gasteiger partial charge in [0, 0.05) is 10.6 Å². The molecule has 4 nitrogen and oxygen atoms in total. The van der Waals surface area contributed by atoms with Crippen molar-refractivity contribution in [3.8, 4) is 5.69 Å². The van der Waals surface area contributed by atoms with Gasteiger partial charge in [0.2, 0.25) is 0 Å². The van der Waals surface area contributed by atoms with Gasteiger partial charge in [0.25, 0.3) is 5.91 Å². The molecule has 122 valence electrons. The standard InChI is InChI=1S/C19H18ClN3O/c1-12-9-15(11-16(20)10-12)19(24)21-18-13(2)22-23(14(18)3)17-7-5-4-6-8-17/h4-11H,1-3H3,(H,21,24). The van der Waals surface area contributed by atoms with Crippen molar-refractivity contribution in [1.82, 2.24) is 9.78 Å². The van der Waals surface area contributed by atoms with Gasteiger partial charge in [-0.1, -0.05) is 29.8 Å². The quantitative estimate of drug-likeness (QED) is 0.751. The number of aryl methyl sites for hydroxylation is 2. The van der Waals surface area contributed by atoms with Crippen LogP contribution < -0.4 is 5.32 Å². The Labute approximate surface area is 146 Å². The Morgan fingerprint density at radius 3 is 2.46 bits per heavy atom. The van der Waals surface area contributed by atoms with Crippen LogP contribution in [0.3, 0.4) is 0 Å². The highest BCUT2D eigenvalue weighted by Gasteiger charge is 2.16. The van der Waals surface area contributed by atoms with Crippen LogP contribution in [0.15, 0.2) is 48.5 Å². The first-order valence-corrected chi connectivity index (χ1v) is 8.03. The van der Waals surface area contributed by atoms with E-state index in [2.05, 4.69) is 10.4 Å². The Morgan fingerprint density at radius 1 is 1.08 bits per heavy atom. The molecular weight excluding hydrogens is 322 g/mol. The van der Waals surface area contributed by atoms with E-state index in [0.29, 0.717) is 10.6 Å². The van der Waals surface area contributed by atoms with Crippen molar-refractivity contribution in [3.63, 3.8) is 0 Å². The average molecular weight is 340 g/mol. The molecule has 0 aliphatic heterocycles. The summed E-state index contributed by atoms with van der Waals surface area (Å²) in [6.45, 7) is 5.73. The summed E-state index contributed by atoms with van der Waals surface area (Å²) in [5, 5.41) is 8.05. The van der Waals surface area contributed by atoms with Crippen molar-refractivity contribution in [1.29, 1.82) is 0 Å². The molecule has 0 radical (unpaired) electrons. The third-order valence-corrected chi connectivity index (χ3v) is 4.05. The molecule has 0 fully saturated rings. The second kappa shape index (κ2) is 6.49. The van der Waals surface area contributed by atoms with Crippen LogP contribution in [0.4, 0.5) is 5.69 Å². The number of carbonyl (C=O) groups excluding carboxylic acids is 1. The second-order valence-corrected chi connectivity index (χ2v) is 6.20. The number of nitrogens with zero attached hydrogens (tertiary/aromatic N) is 2. The number of aromatic nitrogens is 2. The molecule has 5 heteroatoms. The van der Waals surface area contributed by atoms with Crippen molar-refractivity contribution in [3.05, 3.63) is 76.1 Å². The van der Waals surface area contributed by atoms with E-state index in [1.165, 1.54) is 0 Å². The fourth-order valence-corrected chi connectivity index (χ4v) is 2.99. The summed E-state index contributed by atoms with van der Waals surface area (Å²) in [7, 11) is 0. The third kappa shape index (κ3) is 3.19. The molecule has 24 heavy (non-hydrogen) atoms. The maximum atomic E-state index is 12.6. The summed E-state index contributed by atoms with van der Waals surface area (Å²) in [4.78, 5) is 12.6. The van der Waals surface area contributed by atoms with Gasteiger partial charge in [0.15, 0.2) is 0 Å². The van der Waals surface area contributed by atoms with Gasteiger partial charge < -0.3 is 5.32 Å². The number of nitrogens with one attached hydrogen (secondary N) is 1. The molecule has 1 aromatic heterocycles. The van der Waals surface area contributed by atoms with Gasteiger partial charge in [0.05, 0.1) is 22.8 Å². The normalized spacial score (nSPS) is 10.7. The van der Waals surface area contributed by atoms with Gasteiger partial charge in [-0.2, -0.15) is 5.10 Å². The fourth-order valence-electron chi connectivity index (χ4n) is 2.70. The maximum absolute atomic E-state index is 12.6. The number of para-hydroxylation sites is 1. The summed E-state index contributed by atoms with van der Waals surface area (Å²) in [6.07, 6.45) is 0. The lowest BCUT2D eigenvalue weighted by Crippen LogP contribution is -2.13. The first-order valence-electron chi connectivity index (χ1n) is 7.66.